The Morgan fingerprint density at radius 1 is 1.36 bits per heavy atom. The summed E-state index contributed by atoms with van der Waals surface area (Å²) in [5.74, 6) is 1.62. The smallest absolute Gasteiger partial charge is 0.112 e. The van der Waals surface area contributed by atoms with Crippen molar-refractivity contribution in [2.45, 2.75) is 39.7 Å². The third-order valence-electron chi connectivity index (χ3n) is 2.28. The summed E-state index contributed by atoms with van der Waals surface area (Å²) in [5.41, 5.74) is 6.70. The first kappa shape index (κ1) is 8.44. The molecule has 1 aliphatic carbocycles. The molecular weight excluding hydrogens is 138 g/mol. The molecule has 0 amide bonds. The highest BCUT2D eigenvalue weighted by molar-refractivity contribution is 5.16. The summed E-state index contributed by atoms with van der Waals surface area (Å²) in [6.07, 6.45) is 2.81. The maximum Gasteiger partial charge on any atom is 0.112 e. The zero-order valence-electron chi connectivity index (χ0n) is 7.55. The van der Waals surface area contributed by atoms with Gasteiger partial charge in [-0.1, -0.05) is 13.8 Å². The minimum absolute atomic E-state index is 0.502. The third-order valence-corrected chi connectivity index (χ3v) is 2.28. The van der Waals surface area contributed by atoms with E-state index in [2.05, 4.69) is 0 Å². The molecule has 0 atom stereocenters. The molecule has 1 fully saturated rings. The van der Waals surface area contributed by atoms with Crippen molar-refractivity contribution >= 4 is 0 Å². The number of nitrogens with two attached hydrogens (primary N) is 1. The highest BCUT2D eigenvalue weighted by atomic mass is 16.5. The van der Waals surface area contributed by atoms with Crippen LogP contribution < -0.4 is 5.73 Å². The molecule has 2 bridgehead atoms. The van der Waals surface area contributed by atoms with Gasteiger partial charge in [0.05, 0.1) is 6.10 Å². The lowest BCUT2D eigenvalue weighted by Crippen LogP contribution is -2.40. The highest BCUT2D eigenvalue weighted by Gasteiger charge is 2.38. The van der Waals surface area contributed by atoms with Gasteiger partial charge in [-0.05, 0) is 19.8 Å². The van der Waals surface area contributed by atoms with Crippen molar-refractivity contribution in [1.82, 2.24) is 0 Å². The van der Waals surface area contributed by atoms with E-state index < -0.39 is 0 Å². The van der Waals surface area contributed by atoms with Gasteiger partial charge in [0.2, 0.25) is 0 Å². The number of ether oxygens (including phenoxy) is 1. The van der Waals surface area contributed by atoms with E-state index >= 15 is 0 Å². The lowest BCUT2D eigenvalue weighted by molar-refractivity contribution is -0.00807. The van der Waals surface area contributed by atoms with Crippen LogP contribution in [0.5, 0.6) is 0 Å². The maximum atomic E-state index is 5.71. The molecule has 0 aromatic rings. The first-order valence-electron chi connectivity index (χ1n) is 4.40. The van der Waals surface area contributed by atoms with Crippen LogP contribution in [-0.2, 0) is 4.74 Å². The molecule has 0 saturated heterocycles. The monoisotopic (exact) mass is 155 g/mol. The minimum Gasteiger partial charge on any atom is -0.493 e. The molecule has 0 aromatic carbocycles. The number of hydrogen-bond donors (Lipinski definition) is 1. The average molecular weight is 155 g/mol. The summed E-state index contributed by atoms with van der Waals surface area (Å²) in [5, 5.41) is 0. The Morgan fingerprint density at radius 3 is 2.18 bits per heavy atom. The Hall–Kier alpha value is -0.660. The van der Waals surface area contributed by atoms with Gasteiger partial charge in [-0.2, -0.15) is 0 Å². The first-order valence-corrected chi connectivity index (χ1v) is 4.40. The van der Waals surface area contributed by atoms with E-state index in [0.717, 1.165) is 24.3 Å². The molecule has 0 spiro atoms. The standard InChI is InChI=1S/C7H11NO.C2H6/c1-4-7(8)5-2-6(3-5)9-4;1-2/h5-6H,2-3,8H2,1H3;1-2H3. The lowest BCUT2D eigenvalue weighted by atomic mass is 9.78. The Labute approximate surface area is 68.4 Å². The third kappa shape index (κ3) is 1.35. The highest BCUT2D eigenvalue weighted by Crippen LogP contribution is 2.40. The Bertz CT molecular complexity index is 168. The molecule has 0 radical (unpaired) electrons. The molecular formula is C9H17NO. The zero-order chi connectivity index (χ0) is 8.43. The normalized spacial score (nSPS) is 33.0. The van der Waals surface area contributed by atoms with Crippen LogP contribution in [0.1, 0.15) is 33.6 Å². The lowest BCUT2D eigenvalue weighted by Gasteiger charge is -2.41. The molecule has 2 aliphatic heterocycles. The van der Waals surface area contributed by atoms with Gasteiger partial charge in [-0.25, -0.2) is 0 Å². The summed E-state index contributed by atoms with van der Waals surface area (Å²) in [4.78, 5) is 0. The van der Waals surface area contributed by atoms with E-state index in [0.29, 0.717) is 12.0 Å². The fraction of sp³-hybridized carbons (Fsp3) is 0.778. The van der Waals surface area contributed by atoms with Gasteiger partial charge < -0.3 is 10.5 Å². The van der Waals surface area contributed by atoms with Gasteiger partial charge in [0.15, 0.2) is 0 Å². The number of fused-ring (bicyclic) bond motifs is 1. The molecule has 64 valence electrons. The number of hydrogen-bond acceptors (Lipinski definition) is 2. The first-order chi connectivity index (χ1) is 5.27. The molecule has 3 rings (SSSR count). The second-order valence-electron chi connectivity index (χ2n) is 2.92. The van der Waals surface area contributed by atoms with Gasteiger partial charge in [0.25, 0.3) is 0 Å². The number of allylic oxidation sites excluding steroid dienone is 2. The molecule has 1 saturated carbocycles. The van der Waals surface area contributed by atoms with Gasteiger partial charge in [0.1, 0.15) is 5.76 Å². The van der Waals surface area contributed by atoms with Crippen LogP contribution in [-0.4, -0.2) is 6.10 Å². The van der Waals surface area contributed by atoms with Gasteiger partial charge >= 0.3 is 0 Å². The molecule has 0 unspecified atom stereocenters. The van der Waals surface area contributed by atoms with E-state index in [-0.39, 0.29) is 0 Å². The van der Waals surface area contributed by atoms with Crippen molar-refractivity contribution in [2.75, 3.05) is 0 Å². The molecule has 2 heterocycles. The van der Waals surface area contributed by atoms with Crippen LogP contribution in [0.25, 0.3) is 0 Å². The maximum absolute atomic E-state index is 5.71. The van der Waals surface area contributed by atoms with Gasteiger partial charge in [0, 0.05) is 11.6 Å². The SMILES string of the molecule is CC.CC1=C(N)C2CC(C2)O1. The topological polar surface area (TPSA) is 35.2 Å². The molecule has 2 nitrogen and oxygen atoms in total. The van der Waals surface area contributed by atoms with Crippen molar-refractivity contribution < 1.29 is 4.74 Å². The second kappa shape index (κ2) is 3.16. The zero-order valence-corrected chi connectivity index (χ0v) is 7.55. The van der Waals surface area contributed by atoms with Gasteiger partial charge in [-0.3, -0.25) is 0 Å². The Kier molecular flexibility index (Phi) is 2.42. The van der Waals surface area contributed by atoms with E-state index in [9.17, 15) is 0 Å². The van der Waals surface area contributed by atoms with E-state index in [4.69, 9.17) is 10.5 Å². The summed E-state index contributed by atoms with van der Waals surface area (Å²) in [7, 11) is 0. The second-order valence-corrected chi connectivity index (χ2v) is 2.92. The summed E-state index contributed by atoms with van der Waals surface area (Å²) < 4.78 is 5.42. The molecule has 3 aliphatic rings. The summed E-state index contributed by atoms with van der Waals surface area (Å²) in [6.45, 7) is 5.95. The quantitative estimate of drug-likeness (QED) is 0.580. The van der Waals surface area contributed by atoms with Crippen molar-refractivity contribution in [3.8, 4) is 0 Å². The fourth-order valence-corrected chi connectivity index (χ4v) is 1.52. The molecule has 0 aromatic heterocycles. The number of rotatable bonds is 0. The van der Waals surface area contributed by atoms with Crippen molar-refractivity contribution in [3.05, 3.63) is 11.5 Å². The minimum atomic E-state index is 0.502. The fourth-order valence-electron chi connectivity index (χ4n) is 1.52. The Balaban J connectivity index is 0.000000281. The largest absolute Gasteiger partial charge is 0.493 e. The van der Waals surface area contributed by atoms with Crippen LogP contribution in [0, 0.1) is 5.92 Å². The van der Waals surface area contributed by atoms with Crippen LogP contribution in [0.4, 0.5) is 0 Å². The van der Waals surface area contributed by atoms with Crippen molar-refractivity contribution in [3.63, 3.8) is 0 Å². The van der Waals surface area contributed by atoms with Crippen LogP contribution in [0.15, 0.2) is 11.5 Å². The van der Waals surface area contributed by atoms with Crippen LogP contribution in [0.3, 0.4) is 0 Å². The Morgan fingerprint density at radius 2 is 1.91 bits per heavy atom. The predicted molar refractivity (Wildman–Crippen MR) is 45.8 cm³/mol. The molecule has 2 N–H and O–H groups in total. The van der Waals surface area contributed by atoms with Gasteiger partial charge in [-0.15, -0.1) is 0 Å². The molecule has 11 heavy (non-hydrogen) atoms. The van der Waals surface area contributed by atoms with Crippen molar-refractivity contribution in [1.29, 1.82) is 0 Å². The average Bonchev–Trinajstić information content (AvgIpc) is 1.96. The van der Waals surface area contributed by atoms with E-state index in [1.54, 1.807) is 0 Å². The van der Waals surface area contributed by atoms with E-state index in [1.807, 2.05) is 20.8 Å². The van der Waals surface area contributed by atoms with Crippen LogP contribution in [0.2, 0.25) is 0 Å². The summed E-state index contributed by atoms with van der Waals surface area (Å²) in [6, 6.07) is 0. The molecule has 2 heteroatoms. The van der Waals surface area contributed by atoms with E-state index in [1.165, 1.54) is 0 Å². The summed E-state index contributed by atoms with van der Waals surface area (Å²) >= 11 is 0. The van der Waals surface area contributed by atoms with Crippen LogP contribution >= 0.6 is 0 Å². The predicted octanol–water partition coefficient (Wildman–Crippen LogP) is 2.01. The van der Waals surface area contributed by atoms with Crippen molar-refractivity contribution in [2.24, 2.45) is 11.7 Å².